The summed E-state index contributed by atoms with van der Waals surface area (Å²) in [6.07, 6.45) is -8.89. The summed E-state index contributed by atoms with van der Waals surface area (Å²) < 4.78 is 104. The molecule has 3 aromatic carbocycles. The molecule has 3 aromatic rings. The van der Waals surface area contributed by atoms with Gasteiger partial charge in [0.15, 0.2) is 9.84 Å². The molecule has 1 atom stereocenters. The zero-order chi connectivity index (χ0) is 29.3. The molecule has 5 nitrogen and oxygen atoms in total. The summed E-state index contributed by atoms with van der Waals surface area (Å²) in [4.78, 5) is 14.2. The fourth-order valence-corrected chi connectivity index (χ4v) is 5.57. The number of rotatable bonds is 7. The molecule has 0 bridgehead atoms. The Morgan fingerprint density at radius 2 is 1.57 bits per heavy atom. The Hall–Kier alpha value is -3.54. The molecule has 12 heteroatoms. The van der Waals surface area contributed by atoms with E-state index in [0.29, 0.717) is 17.5 Å². The molecular weight excluding hydrogens is 558 g/mol. The van der Waals surface area contributed by atoms with Crippen molar-refractivity contribution in [1.82, 2.24) is 0 Å². The highest BCUT2D eigenvalue weighted by Crippen LogP contribution is 2.41. The van der Waals surface area contributed by atoms with Crippen LogP contribution in [0.4, 0.5) is 37.7 Å². The minimum atomic E-state index is -4.72. The standard InChI is InChI=1S/C28H26F6N2O3S/c1-2-40(38,39)23-10-3-18(4-11-23)15-26(37)35-22-9-12-25(24(16-22)28(32,33)34)36-14-13-20(17-36)19-5-7-21(8-6-19)27(29,30)31/h3-12,16,20H,2,13-15,17H2,1H3,(H,35,37). The molecular formula is C28H26F6N2O3S. The van der Waals surface area contributed by atoms with Crippen molar-refractivity contribution in [2.45, 2.75) is 42.9 Å². The number of benzene rings is 3. The predicted octanol–water partition coefficient (Wildman–Crippen LogP) is 6.69. The van der Waals surface area contributed by atoms with E-state index in [2.05, 4.69) is 5.32 Å². The van der Waals surface area contributed by atoms with Crippen LogP contribution in [0.5, 0.6) is 0 Å². The largest absolute Gasteiger partial charge is 0.418 e. The van der Waals surface area contributed by atoms with Crippen molar-refractivity contribution in [3.63, 3.8) is 0 Å². The number of hydrogen-bond acceptors (Lipinski definition) is 4. The van der Waals surface area contributed by atoms with Gasteiger partial charge in [0.25, 0.3) is 0 Å². The average Bonchev–Trinajstić information content (AvgIpc) is 3.38. The molecule has 1 unspecified atom stereocenters. The number of carbonyl (C=O) groups excluding carboxylic acids is 1. The van der Waals surface area contributed by atoms with Crippen LogP contribution in [0.15, 0.2) is 71.6 Å². The molecule has 1 fully saturated rings. The van der Waals surface area contributed by atoms with Crippen LogP contribution >= 0.6 is 0 Å². The highest BCUT2D eigenvalue weighted by Gasteiger charge is 2.37. The SMILES string of the molecule is CCS(=O)(=O)c1ccc(CC(=O)Nc2ccc(N3CCC(c4ccc(C(F)(F)F)cc4)C3)c(C(F)(F)F)c2)cc1. The second-order valence-electron chi connectivity index (χ2n) is 9.55. The first-order valence-electron chi connectivity index (χ1n) is 12.4. The number of anilines is 2. The van der Waals surface area contributed by atoms with Gasteiger partial charge in [0.05, 0.1) is 28.2 Å². The Morgan fingerprint density at radius 1 is 0.925 bits per heavy atom. The molecule has 0 aromatic heterocycles. The Balaban J connectivity index is 1.46. The monoisotopic (exact) mass is 584 g/mol. The quantitative estimate of drug-likeness (QED) is 0.314. The van der Waals surface area contributed by atoms with Gasteiger partial charge in [-0.2, -0.15) is 26.3 Å². The van der Waals surface area contributed by atoms with E-state index in [9.17, 15) is 39.6 Å². The summed E-state index contributed by atoms with van der Waals surface area (Å²) in [5, 5.41) is 2.46. The Kier molecular flexibility index (Phi) is 8.21. The summed E-state index contributed by atoms with van der Waals surface area (Å²) in [5.74, 6) is -0.880. The van der Waals surface area contributed by atoms with Crippen molar-refractivity contribution >= 4 is 27.1 Å². The summed E-state index contributed by atoms with van der Waals surface area (Å²) in [7, 11) is -3.40. The molecule has 214 valence electrons. The number of halogens is 6. The van der Waals surface area contributed by atoms with Crippen molar-refractivity contribution in [2.24, 2.45) is 0 Å². The maximum absolute atomic E-state index is 14.0. The fourth-order valence-electron chi connectivity index (χ4n) is 4.68. The normalized spacial score (nSPS) is 16.3. The molecule has 1 N–H and O–H groups in total. The smallest absolute Gasteiger partial charge is 0.370 e. The maximum Gasteiger partial charge on any atom is 0.418 e. The lowest BCUT2D eigenvalue weighted by Crippen LogP contribution is -2.23. The number of carbonyl (C=O) groups is 1. The van der Waals surface area contributed by atoms with Crippen molar-refractivity contribution in [1.29, 1.82) is 0 Å². The molecule has 1 aliphatic rings. The third-order valence-electron chi connectivity index (χ3n) is 6.85. The summed E-state index contributed by atoms with van der Waals surface area (Å²) >= 11 is 0. The third-order valence-corrected chi connectivity index (χ3v) is 8.60. The minimum Gasteiger partial charge on any atom is -0.370 e. The van der Waals surface area contributed by atoms with Gasteiger partial charge in [-0.05, 0) is 60.0 Å². The second-order valence-corrected chi connectivity index (χ2v) is 11.8. The van der Waals surface area contributed by atoms with Crippen LogP contribution in [-0.4, -0.2) is 33.2 Å². The van der Waals surface area contributed by atoms with Crippen LogP contribution < -0.4 is 10.2 Å². The molecule has 1 amide bonds. The van der Waals surface area contributed by atoms with Crippen LogP contribution in [0, 0.1) is 0 Å². The molecule has 0 aliphatic carbocycles. The molecule has 4 rings (SSSR count). The van der Waals surface area contributed by atoms with E-state index in [1.54, 1.807) is 4.90 Å². The predicted molar refractivity (Wildman–Crippen MR) is 139 cm³/mol. The first-order chi connectivity index (χ1) is 18.7. The van der Waals surface area contributed by atoms with E-state index in [1.165, 1.54) is 55.5 Å². The van der Waals surface area contributed by atoms with E-state index in [1.807, 2.05) is 0 Å². The van der Waals surface area contributed by atoms with Crippen molar-refractivity contribution < 1.29 is 39.6 Å². The maximum atomic E-state index is 14.0. The fraction of sp³-hybridized carbons (Fsp3) is 0.321. The lowest BCUT2D eigenvalue weighted by atomic mass is 9.97. The molecule has 0 radical (unpaired) electrons. The van der Waals surface area contributed by atoms with E-state index < -0.39 is 39.2 Å². The highest BCUT2D eigenvalue weighted by atomic mass is 32.2. The lowest BCUT2D eigenvalue weighted by Gasteiger charge is -2.24. The number of nitrogens with one attached hydrogen (secondary N) is 1. The molecule has 0 spiro atoms. The van der Waals surface area contributed by atoms with Crippen LogP contribution in [0.3, 0.4) is 0 Å². The van der Waals surface area contributed by atoms with Crippen molar-refractivity contribution in [2.75, 3.05) is 29.1 Å². The average molecular weight is 585 g/mol. The minimum absolute atomic E-state index is 0.0512. The molecule has 1 aliphatic heterocycles. The second kappa shape index (κ2) is 11.1. The number of alkyl halides is 6. The third kappa shape index (κ3) is 6.78. The number of sulfone groups is 1. The van der Waals surface area contributed by atoms with Crippen LogP contribution in [0.1, 0.15) is 41.5 Å². The van der Waals surface area contributed by atoms with Gasteiger partial charge in [-0.3, -0.25) is 4.79 Å². The first-order valence-corrected chi connectivity index (χ1v) is 14.1. The number of hydrogen-bond donors (Lipinski definition) is 1. The molecule has 0 saturated carbocycles. The highest BCUT2D eigenvalue weighted by molar-refractivity contribution is 7.91. The van der Waals surface area contributed by atoms with Gasteiger partial charge in [-0.1, -0.05) is 31.2 Å². The summed E-state index contributed by atoms with van der Waals surface area (Å²) in [5.41, 5.74) is -0.741. The Morgan fingerprint density at radius 3 is 2.15 bits per heavy atom. The van der Waals surface area contributed by atoms with Gasteiger partial charge in [-0.25, -0.2) is 8.42 Å². The van der Waals surface area contributed by atoms with Gasteiger partial charge >= 0.3 is 12.4 Å². The lowest BCUT2D eigenvalue weighted by molar-refractivity contribution is -0.138. The zero-order valence-electron chi connectivity index (χ0n) is 21.3. The number of amides is 1. The zero-order valence-corrected chi connectivity index (χ0v) is 22.1. The molecule has 1 saturated heterocycles. The summed E-state index contributed by atoms with van der Waals surface area (Å²) in [6.45, 7) is 1.99. The van der Waals surface area contributed by atoms with Crippen molar-refractivity contribution in [3.8, 4) is 0 Å². The van der Waals surface area contributed by atoms with E-state index >= 15 is 0 Å². The number of nitrogens with zero attached hydrogens (tertiary/aromatic N) is 1. The molecule has 1 heterocycles. The van der Waals surface area contributed by atoms with E-state index in [4.69, 9.17) is 0 Å². The van der Waals surface area contributed by atoms with E-state index in [0.717, 1.165) is 18.2 Å². The van der Waals surface area contributed by atoms with Gasteiger partial charge in [0, 0.05) is 30.4 Å². The van der Waals surface area contributed by atoms with Crippen molar-refractivity contribution in [3.05, 3.63) is 89.0 Å². The first kappa shape index (κ1) is 29.4. The van der Waals surface area contributed by atoms with Gasteiger partial charge in [-0.15, -0.1) is 0 Å². The summed E-state index contributed by atoms with van der Waals surface area (Å²) in [6, 6.07) is 13.9. The Bertz CT molecular complexity index is 1470. The Labute approximate surface area is 227 Å². The van der Waals surface area contributed by atoms with Crippen LogP contribution in [0.2, 0.25) is 0 Å². The van der Waals surface area contributed by atoms with Gasteiger partial charge in [0.1, 0.15) is 0 Å². The van der Waals surface area contributed by atoms with E-state index in [-0.39, 0.29) is 47.5 Å². The topological polar surface area (TPSA) is 66.5 Å². The molecule has 40 heavy (non-hydrogen) atoms. The van der Waals surface area contributed by atoms with Crippen LogP contribution in [-0.2, 0) is 33.4 Å². The van der Waals surface area contributed by atoms with Gasteiger partial charge < -0.3 is 10.2 Å². The van der Waals surface area contributed by atoms with Crippen LogP contribution in [0.25, 0.3) is 0 Å². The van der Waals surface area contributed by atoms with Gasteiger partial charge in [0.2, 0.25) is 5.91 Å².